The minimum Gasteiger partial charge on any atom is -0.455 e. The van der Waals surface area contributed by atoms with Gasteiger partial charge in [0.2, 0.25) is 5.60 Å². The van der Waals surface area contributed by atoms with Gasteiger partial charge in [0.25, 0.3) is 0 Å². The Bertz CT molecular complexity index is 1830. The molecule has 6 N–H and O–H groups in total. The van der Waals surface area contributed by atoms with E-state index in [1.807, 2.05) is 18.2 Å². The Hall–Kier alpha value is -3.65. The minimum atomic E-state index is -3.14. The van der Waals surface area contributed by atoms with Crippen molar-refractivity contribution in [2.75, 3.05) is 27.3 Å². The first-order chi connectivity index (χ1) is 27.7. The van der Waals surface area contributed by atoms with Crippen molar-refractivity contribution in [2.24, 2.45) is 23.7 Å². The first-order valence-corrected chi connectivity index (χ1v) is 20.3. The Labute approximate surface area is 344 Å². The highest BCUT2D eigenvalue weighted by Gasteiger charge is 2.59. The summed E-state index contributed by atoms with van der Waals surface area (Å²) < 4.78 is 30.4. The van der Waals surface area contributed by atoms with Crippen LogP contribution in [0.4, 0.5) is 4.79 Å². The topological polar surface area (TPSA) is 244 Å². The van der Waals surface area contributed by atoms with E-state index in [0.717, 1.165) is 5.39 Å². The van der Waals surface area contributed by atoms with Crippen LogP contribution >= 0.6 is 0 Å². The van der Waals surface area contributed by atoms with E-state index < -0.39 is 133 Å². The second-order valence-corrected chi connectivity index (χ2v) is 17.0. The number of pyridine rings is 1. The lowest BCUT2D eigenvalue weighted by Crippen LogP contribution is -2.62. The average Bonchev–Trinajstić information content (AvgIpc) is 3.53. The molecule has 0 radical (unpaired) electrons. The third-order valence-corrected chi connectivity index (χ3v) is 12.6. The Morgan fingerprint density at radius 1 is 1.02 bits per heavy atom. The van der Waals surface area contributed by atoms with Gasteiger partial charge in [-0.2, -0.15) is 0 Å². The van der Waals surface area contributed by atoms with Crippen molar-refractivity contribution in [2.45, 2.75) is 134 Å². The van der Waals surface area contributed by atoms with Crippen LogP contribution < -0.4 is 5.32 Å². The van der Waals surface area contributed by atoms with Gasteiger partial charge in [0.15, 0.2) is 17.7 Å². The van der Waals surface area contributed by atoms with Gasteiger partial charge in [-0.3, -0.25) is 14.6 Å². The maximum atomic E-state index is 14.7. The summed E-state index contributed by atoms with van der Waals surface area (Å²) in [6.45, 7) is 9.09. The van der Waals surface area contributed by atoms with Gasteiger partial charge in [-0.05, 0) is 52.9 Å². The molecule has 2 aromatic rings. The maximum Gasteiger partial charge on any atom is 0.408 e. The summed E-state index contributed by atoms with van der Waals surface area (Å²) in [5.41, 5.74) is -3.82. The Morgan fingerprint density at radius 2 is 1.69 bits per heavy atom. The number of benzene rings is 1. The zero-order valence-electron chi connectivity index (χ0n) is 35.2. The molecule has 3 saturated heterocycles. The summed E-state index contributed by atoms with van der Waals surface area (Å²) in [5.74, 6) is -7.75. The minimum absolute atomic E-state index is 0.0129. The van der Waals surface area contributed by atoms with E-state index in [1.54, 1.807) is 65.7 Å². The molecule has 5 rings (SSSR count). The molecule has 1 amide bonds. The number of Topliss-reactive ketones (excluding diaryl/α,β-unsaturated/α-hetero) is 2. The number of nitrogens with zero attached hydrogens (tertiary/aromatic N) is 2. The number of alkyl carbamates (subject to hydrolysis) is 1. The lowest BCUT2D eigenvalue weighted by atomic mass is 9.73. The highest BCUT2D eigenvalue weighted by Crippen LogP contribution is 2.40. The molecule has 16 atom stereocenters. The molecule has 0 saturated carbocycles. The number of esters is 1. The van der Waals surface area contributed by atoms with Crippen molar-refractivity contribution in [3.05, 3.63) is 42.1 Å². The van der Waals surface area contributed by atoms with Crippen molar-refractivity contribution in [1.82, 2.24) is 15.2 Å². The zero-order valence-corrected chi connectivity index (χ0v) is 35.2. The van der Waals surface area contributed by atoms with Crippen molar-refractivity contribution in [3.63, 3.8) is 0 Å². The fraction of sp³-hybridized carbons (Fsp3) is 0.690. The molecule has 59 heavy (non-hydrogen) atoms. The quantitative estimate of drug-likeness (QED) is 0.147. The van der Waals surface area contributed by atoms with E-state index in [2.05, 4.69) is 10.3 Å². The molecule has 328 valence electrons. The first kappa shape index (κ1) is 46.4. The number of ketones is 2. The molecule has 4 unspecified atom stereocenters. The third kappa shape index (κ3) is 9.18. The molecular formula is C42H61N3O14. The Morgan fingerprint density at radius 3 is 2.34 bits per heavy atom. The van der Waals surface area contributed by atoms with Crippen LogP contribution in [-0.2, 0) is 38.1 Å². The highest BCUT2D eigenvalue weighted by atomic mass is 16.7. The number of rotatable bonds is 10. The van der Waals surface area contributed by atoms with Crippen LogP contribution in [-0.4, -0.2) is 153 Å². The van der Waals surface area contributed by atoms with Crippen LogP contribution in [0.5, 0.6) is 0 Å². The summed E-state index contributed by atoms with van der Waals surface area (Å²) in [6, 6.07) is 7.42. The number of fused-ring (bicyclic) bond motifs is 2. The van der Waals surface area contributed by atoms with Gasteiger partial charge in [0.1, 0.15) is 30.2 Å². The maximum absolute atomic E-state index is 14.7. The fourth-order valence-electron chi connectivity index (χ4n) is 9.01. The van der Waals surface area contributed by atoms with E-state index in [4.69, 9.17) is 23.7 Å². The number of amides is 1. The number of hydrogen-bond donors (Lipinski definition) is 6. The van der Waals surface area contributed by atoms with Crippen molar-refractivity contribution < 1.29 is 68.4 Å². The van der Waals surface area contributed by atoms with Crippen LogP contribution in [0.15, 0.2) is 36.5 Å². The summed E-state index contributed by atoms with van der Waals surface area (Å²) >= 11 is 0. The first-order valence-electron chi connectivity index (χ1n) is 20.3. The molecule has 0 bridgehead atoms. The summed E-state index contributed by atoms with van der Waals surface area (Å²) in [5, 5.41) is 59.8. The van der Waals surface area contributed by atoms with Crippen LogP contribution in [0, 0.1) is 23.7 Å². The fourth-order valence-corrected chi connectivity index (χ4v) is 9.01. The zero-order chi connectivity index (χ0) is 43.7. The molecule has 1 aromatic heterocycles. The number of aromatic nitrogens is 1. The predicted octanol–water partition coefficient (Wildman–Crippen LogP) is 1.43. The number of carbonyl (C=O) groups is 4. The monoisotopic (exact) mass is 831 g/mol. The van der Waals surface area contributed by atoms with E-state index in [9.17, 15) is 44.7 Å². The number of nitrogens with one attached hydrogen (secondary N) is 1. The highest BCUT2D eigenvalue weighted by molar-refractivity contribution is 6.08. The normalized spacial score (nSPS) is 38.6. The number of hydrogen-bond acceptors (Lipinski definition) is 16. The number of para-hydroxylation sites is 1. The lowest BCUT2D eigenvalue weighted by Gasteiger charge is -2.45. The van der Waals surface area contributed by atoms with Gasteiger partial charge in [0.05, 0.1) is 43.1 Å². The molecule has 4 heterocycles. The van der Waals surface area contributed by atoms with Crippen molar-refractivity contribution in [3.8, 4) is 0 Å². The van der Waals surface area contributed by atoms with Gasteiger partial charge in [-0.15, -0.1) is 0 Å². The van der Waals surface area contributed by atoms with E-state index >= 15 is 0 Å². The molecule has 3 fully saturated rings. The lowest BCUT2D eigenvalue weighted by molar-refractivity contribution is -0.283. The molecule has 17 nitrogen and oxygen atoms in total. The van der Waals surface area contributed by atoms with Crippen LogP contribution in [0.3, 0.4) is 0 Å². The Balaban J connectivity index is 1.59. The molecule has 0 spiro atoms. The van der Waals surface area contributed by atoms with E-state index in [-0.39, 0.29) is 6.42 Å². The molecule has 17 heteroatoms. The second kappa shape index (κ2) is 18.5. The number of carbonyl (C=O) groups excluding carboxylic acids is 4. The largest absolute Gasteiger partial charge is 0.455 e. The number of likely N-dealkylation sites (N-methyl/N-ethyl adjacent to an activating group) is 1. The molecular weight excluding hydrogens is 770 g/mol. The van der Waals surface area contributed by atoms with E-state index in [0.29, 0.717) is 17.5 Å². The van der Waals surface area contributed by atoms with E-state index in [1.165, 1.54) is 20.0 Å². The standard InChI is InChI=1S/C42H61N3O14/c1-10-30-41(7)36(44-40(53)59-41)22(4)31(48)21(3)34(55-18-29(47)32(49)26-16-25-13-11-12-14-27(25)43-17-26)23(5)35(24(6)37(51)42(54,19-46)39(52)57-30)58-38-33(50)28(45(8)9)15-20(2)56-38/h11-14,16-17,20-24,28-30,32-36,38,46-47,49-50,54H,10,15,18-19H2,1-9H3,(H,44,53)/t20-,21+,22+,23+,24-,28+,29?,30-,32?,33-,34+,35+,36?,38+,41-,42?/m1/s1. The summed E-state index contributed by atoms with van der Waals surface area (Å²) in [7, 11) is 3.56. The number of aliphatic hydroxyl groups is 5. The average molecular weight is 832 g/mol. The molecule has 3 aliphatic rings. The summed E-state index contributed by atoms with van der Waals surface area (Å²) in [6.07, 6.45) is -8.96. The third-order valence-electron chi connectivity index (χ3n) is 12.6. The van der Waals surface area contributed by atoms with Crippen LogP contribution in [0.1, 0.15) is 73.0 Å². The van der Waals surface area contributed by atoms with Gasteiger partial charge in [-0.1, -0.05) is 52.8 Å². The SMILES string of the molecule is CC[C@H]1OC(=O)C(O)(CO)C(=O)[C@H](C)[C@@H](O[C@@H]2O[C@H](C)C[C@H](N(C)C)[C@H]2O)[C@@H](C)[C@@H](OCC(O)C(O)c2cnc3ccccc3c2)[C@@H](C)C(=O)[C@H](C)C2NC(=O)O[C@@]21C. The predicted molar refractivity (Wildman–Crippen MR) is 210 cm³/mol. The number of ether oxygens (including phenoxy) is 5. The summed E-state index contributed by atoms with van der Waals surface area (Å²) in [4.78, 5) is 62.1. The second-order valence-electron chi connectivity index (χ2n) is 17.0. The molecule has 0 aliphatic carbocycles. The van der Waals surface area contributed by atoms with Gasteiger partial charge >= 0.3 is 12.1 Å². The van der Waals surface area contributed by atoms with Gasteiger partial charge < -0.3 is 59.4 Å². The van der Waals surface area contributed by atoms with Crippen LogP contribution in [0.2, 0.25) is 0 Å². The van der Waals surface area contributed by atoms with Crippen molar-refractivity contribution in [1.29, 1.82) is 0 Å². The van der Waals surface area contributed by atoms with Crippen molar-refractivity contribution >= 4 is 34.5 Å². The molecule has 3 aliphatic heterocycles. The smallest absolute Gasteiger partial charge is 0.408 e. The van der Waals surface area contributed by atoms with Gasteiger partial charge in [-0.25, -0.2) is 9.59 Å². The number of aliphatic hydroxyl groups excluding tert-OH is 4. The number of cyclic esters (lactones) is 1. The molecule has 1 aromatic carbocycles. The Kier molecular flexibility index (Phi) is 14.6. The van der Waals surface area contributed by atoms with Gasteiger partial charge in [0, 0.05) is 46.9 Å². The van der Waals surface area contributed by atoms with Crippen LogP contribution in [0.25, 0.3) is 10.9 Å².